The maximum atomic E-state index is 13.9. The van der Waals surface area contributed by atoms with Crippen molar-refractivity contribution in [1.82, 2.24) is 10.2 Å². The molecule has 0 unspecified atom stereocenters. The molecule has 0 atom stereocenters. The van der Waals surface area contributed by atoms with Crippen LogP contribution in [0.3, 0.4) is 0 Å². The van der Waals surface area contributed by atoms with Gasteiger partial charge in [-0.1, -0.05) is 30.3 Å². The molecule has 2 aromatic rings. The summed E-state index contributed by atoms with van der Waals surface area (Å²) in [4.78, 5) is 27.6. The highest BCUT2D eigenvalue weighted by atomic mass is 19.1. The van der Waals surface area contributed by atoms with E-state index < -0.39 is 11.8 Å². The molecule has 142 valence electrons. The van der Waals surface area contributed by atoms with Crippen LogP contribution < -0.4 is 10.2 Å². The van der Waals surface area contributed by atoms with Gasteiger partial charge in [-0.15, -0.1) is 0 Å². The first-order valence-corrected chi connectivity index (χ1v) is 8.86. The molecule has 0 aliphatic carbocycles. The van der Waals surface area contributed by atoms with Crippen LogP contribution in [0.15, 0.2) is 48.5 Å². The number of hydrogen-bond acceptors (Lipinski definition) is 3. The number of nitrogens with zero attached hydrogens (tertiary/aromatic N) is 2. The van der Waals surface area contributed by atoms with Crippen LogP contribution in [0.4, 0.5) is 14.5 Å². The Morgan fingerprint density at radius 3 is 2.19 bits per heavy atom. The summed E-state index contributed by atoms with van der Waals surface area (Å²) in [5, 5.41) is 2.54. The van der Waals surface area contributed by atoms with Crippen LogP contribution in [0.25, 0.3) is 0 Å². The Morgan fingerprint density at radius 2 is 1.52 bits per heavy atom. The molecule has 1 aliphatic rings. The van der Waals surface area contributed by atoms with Crippen molar-refractivity contribution in [3.63, 3.8) is 0 Å². The predicted octanol–water partition coefficient (Wildman–Crippen LogP) is 1.97. The Hall–Kier alpha value is -2.96. The van der Waals surface area contributed by atoms with Crippen molar-refractivity contribution in [3.05, 3.63) is 65.7 Å². The van der Waals surface area contributed by atoms with E-state index in [1.54, 1.807) is 36.4 Å². The van der Waals surface area contributed by atoms with Gasteiger partial charge >= 0.3 is 11.8 Å². The average Bonchev–Trinajstić information content (AvgIpc) is 2.69. The lowest BCUT2D eigenvalue weighted by atomic mass is 10.1. The van der Waals surface area contributed by atoms with Crippen LogP contribution in [0.1, 0.15) is 5.56 Å². The highest BCUT2D eigenvalue weighted by molar-refractivity contribution is 6.35. The molecule has 0 saturated carbocycles. The fourth-order valence-electron chi connectivity index (χ4n) is 3.09. The second-order valence-corrected chi connectivity index (χ2v) is 6.33. The number of hydrogen-bond donors (Lipinski definition) is 1. The molecule has 1 fully saturated rings. The number of carbonyl (C=O) groups is 2. The minimum Gasteiger partial charge on any atom is -0.366 e. The molecule has 2 aromatic carbocycles. The minimum absolute atomic E-state index is 0.181. The van der Waals surface area contributed by atoms with Gasteiger partial charge in [-0.2, -0.15) is 0 Å². The molecule has 0 radical (unpaired) electrons. The minimum atomic E-state index is -0.703. The van der Waals surface area contributed by atoms with E-state index in [-0.39, 0.29) is 18.2 Å². The third kappa shape index (κ3) is 4.61. The summed E-state index contributed by atoms with van der Waals surface area (Å²) in [6, 6.07) is 12.8. The van der Waals surface area contributed by atoms with E-state index in [1.165, 1.54) is 17.0 Å². The Labute approximate surface area is 156 Å². The summed E-state index contributed by atoms with van der Waals surface area (Å²) in [6.45, 7) is 1.77. The Morgan fingerprint density at radius 1 is 0.889 bits per heavy atom. The van der Waals surface area contributed by atoms with Gasteiger partial charge < -0.3 is 15.1 Å². The van der Waals surface area contributed by atoms with Gasteiger partial charge in [0.05, 0.1) is 5.69 Å². The van der Waals surface area contributed by atoms with Crippen molar-refractivity contribution in [3.8, 4) is 0 Å². The number of rotatable bonds is 4. The van der Waals surface area contributed by atoms with Crippen molar-refractivity contribution in [2.75, 3.05) is 37.6 Å². The smallest absolute Gasteiger partial charge is 0.312 e. The van der Waals surface area contributed by atoms with Crippen LogP contribution >= 0.6 is 0 Å². The third-order valence-corrected chi connectivity index (χ3v) is 4.59. The van der Waals surface area contributed by atoms with Gasteiger partial charge in [0.2, 0.25) is 0 Å². The van der Waals surface area contributed by atoms with E-state index >= 15 is 0 Å². The van der Waals surface area contributed by atoms with Crippen molar-refractivity contribution >= 4 is 17.5 Å². The van der Waals surface area contributed by atoms with Crippen LogP contribution in [-0.2, 0) is 16.0 Å². The maximum Gasteiger partial charge on any atom is 0.312 e. The average molecular weight is 373 g/mol. The molecule has 0 spiro atoms. The molecule has 1 aliphatic heterocycles. The van der Waals surface area contributed by atoms with Gasteiger partial charge in [0.15, 0.2) is 0 Å². The molecular formula is C20H21F2N3O2. The fraction of sp³-hybridized carbons (Fsp3) is 0.300. The molecule has 2 amide bonds. The van der Waals surface area contributed by atoms with Crippen LogP contribution in [-0.4, -0.2) is 49.4 Å². The standard InChI is InChI=1S/C20H21F2N3O2/c21-16-6-2-1-5-15(16)9-10-23-19(26)20(27)25-13-11-24(12-14-25)18-8-4-3-7-17(18)22/h1-8H,9-14H2,(H,23,26). The van der Waals surface area contributed by atoms with E-state index in [4.69, 9.17) is 0 Å². The van der Waals surface area contributed by atoms with Crippen LogP contribution in [0.5, 0.6) is 0 Å². The molecule has 1 N–H and O–H groups in total. The van der Waals surface area contributed by atoms with E-state index in [9.17, 15) is 18.4 Å². The predicted molar refractivity (Wildman–Crippen MR) is 98.3 cm³/mol. The van der Waals surface area contributed by atoms with Gasteiger partial charge in [-0.3, -0.25) is 9.59 Å². The number of carbonyl (C=O) groups excluding carboxylic acids is 2. The Kier molecular flexibility index (Phi) is 6.01. The topological polar surface area (TPSA) is 52.7 Å². The highest BCUT2D eigenvalue weighted by Gasteiger charge is 2.26. The van der Waals surface area contributed by atoms with E-state index in [0.717, 1.165) is 0 Å². The molecule has 0 aromatic heterocycles. The first kappa shape index (κ1) is 18.8. The van der Waals surface area contributed by atoms with Crippen molar-refractivity contribution in [1.29, 1.82) is 0 Å². The first-order valence-electron chi connectivity index (χ1n) is 8.86. The maximum absolute atomic E-state index is 13.9. The van der Waals surface area contributed by atoms with Crippen molar-refractivity contribution < 1.29 is 18.4 Å². The number of nitrogens with one attached hydrogen (secondary N) is 1. The lowest BCUT2D eigenvalue weighted by Gasteiger charge is -2.35. The summed E-state index contributed by atoms with van der Waals surface area (Å²) in [5.41, 5.74) is 0.989. The first-order chi connectivity index (χ1) is 13.1. The molecule has 5 nitrogen and oxygen atoms in total. The molecule has 1 heterocycles. The van der Waals surface area contributed by atoms with Gasteiger partial charge in [0, 0.05) is 32.7 Å². The summed E-state index contributed by atoms with van der Waals surface area (Å²) >= 11 is 0. The number of amides is 2. The fourth-order valence-corrected chi connectivity index (χ4v) is 3.09. The lowest BCUT2D eigenvalue weighted by Crippen LogP contribution is -2.53. The van der Waals surface area contributed by atoms with Crippen LogP contribution in [0.2, 0.25) is 0 Å². The largest absolute Gasteiger partial charge is 0.366 e. The monoisotopic (exact) mass is 373 g/mol. The molecule has 27 heavy (non-hydrogen) atoms. The zero-order chi connectivity index (χ0) is 19.2. The van der Waals surface area contributed by atoms with Gasteiger partial charge in [-0.05, 0) is 30.2 Å². The number of halogens is 2. The quantitative estimate of drug-likeness (QED) is 0.834. The van der Waals surface area contributed by atoms with Gasteiger partial charge in [0.25, 0.3) is 0 Å². The number of benzene rings is 2. The van der Waals surface area contributed by atoms with Gasteiger partial charge in [-0.25, -0.2) is 8.78 Å². The molecule has 3 rings (SSSR count). The summed E-state index contributed by atoms with van der Waals surface area (Å²) in [6.07, 6.45) is 0.312. The number of piperazine rings is 1. The zero-order valence-electron chi connectivity index (χ0n) is 14.8. The Bertz CT molecular complexity index is 820. The zero-order valence-corrected chi connectivity index (χ0v) is 14.8. The summed E-state index contributed by atoms with van der Waals surface area (Å²) in [5.74, 6) is -1.95. The molecule has 0 bridgehead atoms. The molecule has 7 heteroatoms. The Balaban J connectivity index is 1.46. The van der Waals surface area contributed by atoms with E-state index in [2.05, 4.69) is 5.32 Å². The SMILES string of the molecule is O=C(NCCc1ccccc1F)C(=O)N1CCN(c2ccccc2F)CC1. The second-order valence-electron chi connectivity index (χ2n) is 6.33. The normalized spacial score (nSPS) is 14.1. The number of para-hydroxylation sites is 1. The van der Waals surface area contributed by atoms with Crippen LogP contribution in [0, 0.1) is 11.6 Å². The van der Waals surface area contributed by atoms with E-state index in [0.29, 0.717) is 43.9 Å². The van der Waals surface area contributed by atoms with E-state index in [1.807, 2.05) is 4.90 Å². The summed E-state index contributed by atoms with van der Waals surface area (Å²) in [7, 11) is 0. The third-order valence-electron chi connectivity index (χ3n) is 4.59. The van der Waals surface area contributed by atoms with Crippen molar-refractivity contribution in [2.24, 2.45) is 0 Å². The summed E-state index contributed by atoms with van der Waals surface area (Å²) < 4.78 is 27.4. The molecule has 1 saturated heterocycles. The highest BCUT2D eigenvalue weighted by Crippen LogP contribution is 2.20. The molecular weight excluding hydrogens is 352 g/mol. The lowest BCUT2D eigenvalue weighted by molar-refractivity contribution is -0.146. The number of anilines is 1. The van der Waals surface area contributed by atoms with Crippen molar-refractivity contribution in [2.45, 2.75) is 6.42 Å². The second kappa shape index (κ2) is 8.62. The van der Waals surface area contributed by atoms with Gasteiger partial charge in [0.1, 0.15) is 11.6 Å².